The van der Waals surface area contributed by atoms with Crippen LogP contribution in [0.1, 0.15) is 34.2 Å². The zero-order valence-electron chi connectivity index (χ0n) is 16.9. The summed E-state index contributed by atoms with van der Waals surface area (Å²) < 4.78 is 13.6. The summed E-state index contributed by atoms with van der Waals surface area (Å²) in [6.45, 7) is 5.96. The summed E-state index contributed by atoms with van der Waals surface area (Å²) in [5.74, 6) is 1.04. The van der Waals surface area contributed by atoms with Gasteiger partial charge in [-0.1, -0.05) is 43.3 Å². The molecule has 150 valence electrons. The van der Waals surface area contributed by atoms with Crippen molar-refractivity contribution in [3.8, 4) is 22.6 Å². The van der Waals surface area contributed by atoms with E-state index in [2.05, 4.69) is 23.6 Å². The van der Waals surface area contributed by atoms with Crippen molar-refractivity contribution in [3.63, 3.8) is 0 Å². The lowest BCUT2D eigenvalue weighted by atomic mass is 9.98. The number of amides is 1. The van der Waals surface area contributed by atoms with Crippen LogP contribution in [-0.2, 0) is 19.4 Å². The fourth-order valence-electron chi connectivity index (χ4n) is 4.16. The number of nitrogens with zero attached hydrogens (tertiary/aromatic N) is 1. The number of aryl methyl sites for hydroxylation is 1. The molecule has 0 saturated heterocycles. The molecule has 0 atom stereocenters. The van der Waals surface area contributed by atoms with Crippen molar-refractivity contribution in [1.82, 2.24) is 4.57 Å². The van der Waals surface area contributed by atoms with Crippen molar-refractivity contribution < 1.29 is 14.3 Å². The third-order valence-electron chi connectivity index (χ3n) is 5.51. The first-order valence-corrected chi connectivity index (χ1v) is 10.1. The van der Waals surface area contributed by atoms with Gasteiger partial charge in [0.1, 0.15) is 13.2 Å². The maximum absolute atomic E-state index is 12.4. The summed E-state index contributed by atoms with van der Waals surface area (Å²) in [4.78, 5) is 12.4. The highest BCUT2D eigenvalue weighted by molar-refractivity contribution is 6.02. The molecule has 0 bridgehead atoms. The van der Waals surface area contributed by atoms with E-state index in [1.54, 1.807) is 0 Å². The number of rotatable bonds is 6. The highest BCUT2D eigenvalue weighted by atomic mass is 16.6. The van der Waals surface area contributed by atoms with Crippen LogP contribution in [0.25, 0.3) is 11.1 Å². The lowest BCUT2D eigenvalue weighted by molar-refractivity contribution is 0.1000. The fraction of sp³-hybridized carbons (Fsp3) is 0.292. The van der Waals surface area contributed by atoms with Gasteiger partial charge in [-0.05, 0) is 43.0 Å². The number of ether oxygens (including phenoxy) is 2. The Bertz CT molecular complexity index is 1040. The number of carbonyl (C=O) groups is 1. The monoisotopic (exact) mass is 390 g/mol. The number of hydrogen-bond donors (Lipinski definition) is 1. The van der Waals surface area contributed by atoms with Gasteiger partial charge in [-0.15, -0.1) is 0 Å². The molecule has 1 aliphatic rings. The molecule has 1 aliphatic heterocycles. The minimum Gasteiger partial charge on any atom is -0.486 e. The third-order valence-corrected chi connectivity index (χ3v) is 5.51. The number of aromatic nitrogens is 1. The normalized spacial score (nSPS) is 12.8. The summed E-state index contributed by atoms with van der Waals surface area (Å²) in [5, 5.41) is 0. The maximum atomic E-state index is 12.4. The Hall–Kier alpha value is -3.21. The molecular weight excluding hydrogens is 364 g/mol. The van der Waals surface area contributed by atoms with Gasteiger partial charge >= 0.3 is 0 Å². The molecule has 5 nitrogen and oxygen atoms in total. The fourth-order valence-corrected chi connectivity index (χ4v) is 4.16. The van der Waals surface area contributed by atoms with Crippen LogP contribution in [0.4, 0.5) is 0 Å². The molecule has 2 heterocycles. The molecule has 4 rings (SSSR count). The lowest BCUT2D eigenvalue weighted by Gasteiger charge is -2.19. The van der Waals surface area contributed by atoms with Gasteiger partial charge in [-0.25, -0.2) is 0 Å². The minimum atomic E-state index is -0.402. The molecule has 2 N–H and O–H groups in total. The predicted octanol–water partition coefficient (Wildman–Crippen LogP) is 4.14. The first kappa shape index (κ1) is 19.1. The van der Waals surface area contributed by atoms with Crippen molar-refractivity contribution in [1.29, 1.82) is 0 Å². The average Bonchev–Trinajstić information content (AvgIpc) is 3.04. The summed E-state index contributed by atoms with van der Waals surface area (Å²) in [7, 11) is 0. The standard InChI is InChI=1S/C24H26N2O3/c1-3-19-23(18-9-10-20-21(15-18)29-14-13-28-20)22(24(25)27)16(2)26(19)12-11-17-7-5-4-6-8-17/h4-10,15H,3,11-14H2,1-2H3,(H2,25,27). The van der Waals surface area contributed by atoms with Crippen molar-refractivity contribution in [2.45, 2.75) is 33.2 Å². The number of hydrogen-bond acceptors (Lipinski definition) is 3. The Morgan fingerprint density at radius 1 is 1.07 bits per heavy atom. The summed E-state index contributed by atoms with van der Waals surface area (Å²) in [6.07, 6.45) is 1.69. The molecule has 0 spiro atoms. The lowest BCUT2D eigenvalue weighted by Crippen LogP contribution is -2.15. The van der Waals surface area contributed by atoms with Crippen LogP contribution in [0.3, 0.4) is 0 Å². The molecule has 0 unspecified atom stereocenters. The van der Waals surface area contributed by atoms with E-state index in [1.807, 2.05) is 43.3 Å². The number of primary amides is 1. The SMILES string of the molecule is CCc1c(-c2ccc3c(c2)OCCO3)c(C(N)=O)c(C)n1CCc1ccccc1. The molecule has 5 heteroatoms. The molecular formula is C24H26N2O3. The molecule has 2 aromatic carbocycles. The van der Waals surface area contributed by atoms with Gasteiger partial charge in [0.25, 0.3) is 5.91 Å². The van der Waals surface area contributed by atoms with Crippen molar-refractivity contribution in [2.24, 2.45) is 5.73 Å². The molecule has 29 heavy (non-hydrogen) atoms. The van der Waals surface area contributed by atoms with Crippen molar-refractivity contribution in [2.75, 3.05) is 13.2 Å². The third kappa shape index (κ3) is 3.60. The topological polar surface area (TPSA) is 66.5 Å². The van der Waals surface area contributed by atoms with E-state index in [4.69, 9.17) is 15.2 Å². The van der Waals surface area contributed by atoms with Crippen LogP contribution in [-0.4, -0.2) is 23.7 Å². The summed E-state index contributed by atoms with van der Waals surface area (Å²) in [5.41, 5.74) is 11.5. The number of fused-ring (bicyclic) bond motifs is 1. The second kappa shape index (κ2) is 8.03. The van der Waals surface area contributed by atoms with Crippen LogP contribution in [0.15, 0.2) is 48.5 Å². The van der Waals surface area contributed by atoms with Crippen LogP contribution >= 0.6 is 0 Å². The Balaban J connectivity index is 1.79. The second-order valence-corrected chi connectivity index (χ2v) is 7.25. The molecule has 0 fully saturated rings. The van der Waals surface area contributed by atoms with E-state index in [0.717, 1.165) is 47.7 Å². The largest absolute Gasteiger partial charge is 0.486 e. The molecule has 0 aliphatic carbocycles. The van der Waals surface area contributed by atoms with Gasteiger partial charge in [0.05, 0.1) is 5.56 Å². The van der Waals surface area contributed by atoms with Crippen LogP contribution < -0.4 is 15.2 Å². The van der Waals surface area contributed by atoms with E-state index in [-0.39, 0.29) is 0 Å². The highest BCUT2D eigenvalue weighted by Gasteiger charge is 2.25. The smallest absolute Gasteiger partial charge is 0.251 e. The van der Waals surface area contributed by atoms with Crippen LogP contribution in [0, 0.1) is 6.92 Å². The molecule has 3 aromatic rings. The Kier molecular flexibility index (Phi) is 5.30. The summed E-state index contributed by atoms with van der Waals surface area (Å²) in [6, 6.07) is 16.2. The van der Waals surface area contributed by atoms with Crippen molar-refractivity contribution in [3.05, 3.63) is 71.0 Å². The predicted molar refractivity (Wildman–Crippen MR) is 114 cm³/mol. The van der Waals surface area contributed by atoms with Gasteiger partial charge < -0.3 is 19.8 Å². The van der Waals surface area contributed by atoms with E-state index in [0.29, 0.717) is 24.5 Å². The molecule has 1 amide bonds. The van der Waals surface area contributed by atoms with Crippen molar-refractivity contribution >= 4 is 5.91 Å². The Labute approximate surface area is 171 Å². The second-order valence-electron chi connectivity index (χ2n) is 7.25. The van der Waals surface area contributed by atoms with E-state index >= 15 is 0 Å². The van der Waals surface area contributed by atoms with Gasteiger partial charge in [0.2, 0.25) is 0 Å². The van der Waals surface area contributed by atoms with Crippen LogP contribution in [0.2, 0.25) is 0 Å². The van der Waals surface area contributed by atoms with E-state index < -0.39 is 5.91 Å². The Morgan fingerprint density at radius 3 is 2.48 bits per heavy atom. The zero-order chi connectivity index (χ0) is 20.4. The number of nitrogens with two attached hydrogens (primary N) is 1. The average molecular weight is 390 g/mol. The summed E-state index contributed by atoms with van der Waals surface area (Å²) >= 11 is 0. The number of carbonyl (C=O) groups excluding carboxylic acids is 1. The number of benzene rings is 2. The van der Waals surface area contributed by atoms with E-state index in [9.17, 15) is 4.79 Å². The highest BCUT2D eigenvalue weighted by Crippen LogP contribution is 2.39. The maximum Gasteiger partial charge on any atom is 0.251 e. The van der Waals surface area contributed by atoms with Gasteiger partial charge in [-0.3, -0.25) is 4.79 Å². The molecule has 0 saturated carbocycles. The minimum absolute atomic E-state index is 0.402. The van der Waals surface area contributed by atoms with Gasteiger partial charge in [0, 0.05) is 23.5 Å². The van der Waals surface area contributed by atoms with E-state index in [1.165, 1.54) is 5.56 Å². The molecule has 1 aromatic heterocycles. The first-order chi connectivity index (χ1) is 14.1. The Morgan fingerprint density at radius 2 is 1.79 bits per heavy atom. The van der Waals surface area contributed by atoms with Crippen LogP contribution in [0.5, 0.6) is 11.5 Å². The van der Waals surface area contributed by atoms with Gasteiger partial charge in [0.15, 0.2) is 11.5 Å². The zero-order valence-corrected chi connectivity index (χ0v) is 16.9. The first-order valence-electron chi connectivity index (χ1n) is 10.1. The van der Waals surface area contributed by atoms with Gasteiger partial charge in [-0.2, -0.15) is 0 Å². The quantitative estimate of drug-likeness (QED) is 0.688. The molecule has 0 radical (unpaired) electrons.